The lowest BCUT2D eigenvalue weighted by Gasteiger charge is -2.12. The second-order valence-corrected chi connectivity index (χ2v) is 9.14. The van der Waals surface area contributed by atoms with E-state index in [1.165, 1.54) is 5.56 Å². The molecule has 1 amide bonds. The van der Waals surface area contributed by atoms with E-state index in [1.807, 2.05) is 43.3 Å². The molecule has 7 heteroatoms. The number of aryl methyl sites for hydroxylation is 1. The van der Waals surface area contributed by atoms with Crippen molar-refractivity contribution in [1.29, 1.82) is 0 Å². The molecule has 4 rings (SSSR count). The van der Waals surface area contributed by atoms with Gasteiger partial charge in [0.25, 0.3) is 5.91 Å². The van der Waals surface area contributed by atoms with Gasteiger partial charge in [0.1, 0.15) is 10.8 Å². The lowest BCUT2D eigenvalue weighted by Crippen LogP contribution is -2.25. The molecule has 35 heavy (non-hydrogen) atoms. The minimum atomic E-state index is -0.0680. The van der Waals surface area contributed by atoms with E-state index in [-0.39, 0.29) is 5.91 Å². The number of carbonyl (C=O) groups is 1. The third kappa shape index (κ3) is 5.99. The first-order chi connectivity index (χ1) is 17.1. The Morgan fingerprint density at radius 2 is 1.86 bits per heavy atom. The first-order valence-corrected chi connectivity index (χ1v) is 12.6. The summed E-state index contributed by atoms with van der Waals surface area (Å²) in [5.74, 6) is 0.775. The van der Waals surface area contributed by atoms with Crippen molar-refractivity contribution in [3.8, 4) is 27.7 Å². The van der Waals surface area contributed by atoms with Crippen molar-refractivity contribution in [2.75, 3.05) is 27.4 Å². The van der Waals surface area contributed by atoms with Crippen LogP contribution in [0.25, 0.3) is 22.0 Å². The van der Waals surface area contributed by atoms with Crippen LogP contribution in [0.5, 0.6) is 5.75 Å². The molecule has 0 atom stereocenters. The van der Waals surface area contributed by atoms with E-state index in [0.29, 0.717) is 18.7 Å². The summed E-state index contributed by atoms with van der Waals surface area (Å²) >= 11 is 1.61. The summed E-state index contributed by atoms with van der Waals surface area (Å²) in [6, 6.07) is 20.3. The number of methoxy groups -OCH3 is 2. The molecule has 2 aromatic heterocycles. The van der Waals surface area contributed by atoms with Gasteiger partial charge in [-0.15, -0.1) is 11.3 Å². The highest BCUT2D eigenvalue weighted by Crippen LogP contribution is 2.31. The number of nitrogens with one attached hydrogen (secondary N) is 1. The maximum atomic E-state index is 13.0. The Hall–Kier alpha value is -3.42. The summed E-state index contributed by atoms with van der Waals surface area (Å²) in [7, 11) is 3.34. The highest BCUT2D eigenvalue weighted by atomic mass is 32.1. The van der Waals surface area contributed by atoms with Gasteiger partial charge in [0.2, 0.25) is 0 Å². The maximum Gasteiger partial charge on any atom is 0.253 e. The normalized spacial score (nSPS) is 10.9. The Kier molecular flexibility index (Phi) is 8.34. The fourth-order valence-electron chi connectivity index (χ4n) is 4.03. The van der Waals surface area contributed by atoms with E-state index < -0.39 is 0 Å². The number of aromatic nitrogens is 2. The number of rotatable bonds is 11. The van der Waals surface area contributed by atoms with Crippen molar-refractivity contribution in [3.05, 3.63) is 82.9 Å². The summed E-state index contributed by atoms with van der Waals surface area (Å²) < 4.78 is 12.6. The molecule has 0 saturated heterocycles. The first kappa shape index (κ1) is 24.7. The van der Waals surface area contributed by atoms with Gasteiger partial charge in [-0.2, -0.15) is 0 Å². The zero-order valence-corrected chi connectivity index (χ0v) is 21.2. The van der Waals surface area contributed by atoms with E-state index in [9.17, 15) is 4.79 Å². The largest absolute Gasteiger partial charge is 0.497 e. The third-order valence-corrected chi connectivity index (χ3v) is 6.88. The number of ether oxygens (including phenoxy) is 2. The van der Waals surface area contributed by atoms with Crippen LogP contribution in [0.2, 0.25) is 0 Å². The van der Waals surface area contributed by atoms with Gasteiger partial charge in [-0.25, -0.2) is 4.98 Å². The van der Waals surface area contributed by atoms with Crippen molar-refractivity contribution in [3.63, 3.8) is 0 Å². The van der Waals surface area contributed by atoms with Gasteiger partial charge in [-0.05, 0) is 43.5 Å². The summed E-state index contributed by atoms with van der Waals surface area (Å²) in [6.07, 6.45) is 1.61. The van der Waals surface area contributed by atoms with Crippen LogP contribution in [0.15, 0.2) is 66.0 Å². The van der Waals surface area contributed by atoms with Crippen molar-refractivity contribution in [2.24, 2.45) is 0 Å². The summed E-state index contributed by atoms with van der Waals surface area (Å²) in [5.41, 5.74) is 5.75. The van der Waals surface area contributed by atoms with E-state index >= 15 is 0 Å². The molecule has 4 aromatic rings. The summed E-state index contributed by atoms with van der Waals surface area (Å²) in [6.45, 7) is 3.94. The lowest BCUT2D eigenvalue weighted by atomic mass is 10.1. The lowest BCUT2D eigenvalue weighted by molar-refractivity contribution is 0.0948. The number of hydrogen-bond acceptors (Lipinski definition) is 5. The zero-order valence-electron chi connectivity index (χ0n) is 20.4. The fraction of sp³-hybridized carbons (Fsp3) is 0.286. The molecule has 182 valence electrons. The average molecular weight is 490 g/mol. The fourth-order valence-corrected chi connectivity index (χ4v) is 4.85. The van der Waals surface area contributed by atoms with Crippen LogP contribution < -0.4 is 10.1 Å². The second-order valence-electron chi connectivity index (χ2n) is 8.28. The standard InChI is InChI=1S/C28H31N3O3S/c1-20-24(27(32)29-15-7-17-33-2)18-26(25-19-35-28(30-25)22-8-5-4-6-9-22)31(20)16-14-21-10-12-23(34-3)13-11-21/h4-6,8-13,18-19H,7,14-17H2,1-3H3,(H,29,32). The highest BCUT2D eigenvalue weighted by molar-refractivity contribution is 7.13. The number of benzene rings is 2. The molecule has 0 radical (unpaired) electrons. The molecule has 0 fully saturated rings. The number of amides is 1. The summed E-state index contributed by atoms with van der Waals surface area (Å²) in [5, 5.41) is 6.06. The number of thiazole rings is 1. The molecule has 0 aliphatic heterocycles. The SMILES string of the molecule is COCCCNC(=O)c1cc(-c2csc(-c3ccccc3)n2)n(CCc2ccc(OC)cc2)c1C. The third-order valence-electron chi connectivity index (χ3n) is 5.99. The van der Waals surface area contributed by atoms with Crippen LogP contribution in [0.1, 0.15) is 28.0 Å². The molecule has 2 aromatic carbocycles. The Bertz CT molecular complexity index is 1250. The van der Waals surface area contributed by atoms with E-state index in [1.54, 1.807) is 25.6 Å². The minimum Gasteiger partial charge on any atom is -0.497 e. The van der Waals surface area contributed by atoms with Crippen molar-refractivity contribution < 1.29 is 14.3 Å². The number of carbonyl (C=O) groups excluding carboxylic acids is 1. The second kappa shape index (κ2) is 11.8. The maximum absolute atomic E-state index is 13.0. The van der Waals surface area contributed by atoms with E-state index in [2.05, 4.69) is 39.5 Å². The zero-order chi connectivity index (χ0) is 24.6. The van der Waals surface area contributed by atoms with Crippen LogP contribution in [0, 0.1) is 6.92 Å². The smallest absolute Gasteiger partial charge is 0.253 e. The molecule has 6 nitrogen and oxygen atoms in total. The van der Waals surface area contributed by atoms with Gasteiger partial charge in [0.15, 0.2) is 0 Å². The van der Waals surface area contributed by atoms with E-state index in [4.69, 9.17) is 14.5 Å². The molecule has 0 aliphatic rings. The highest BCUT2D eigenvalue weighted by Gasteiger charge is 2.20. The number of hydrogen-bond donors (Lipinski definition) is 1. The number of nitrogens with zero attached hydrogens (tertiary/aromatic N) is 2. The van der Waals surface area contributed by atoms with Gasteiger partial charge >= 0.3 is 0 Å². The quantitative estimate of drug-likeness (QED) is 0.278. The topological polar surface area (TPSA) is 65.4 Å². The predicted octanol–water partition coefficient (Wildman–Crippen LogP) is 5.60. The minimum absolute atomic E-state index is 0.0680. The van der Waals surface area contributed by atoms with E-state index in [0.717, 1.165) is 52.8 Å². The molecular formula is C28H31N3O3S. The van der Waals surface area contributed by atoms with Gasteiger partial charge in [0, 0.05) is 43.4 Å². The molecule has 0 unspecified atom stereocenters. The van der Waals surface area contributed by atoms with Crippen LogP contribution in [-0.2, 0) is 17.7 Å². The molecule has 0 aliphatic carbocycles. The van der Waals surface area contributed by atoms with Gasteiger partial charge in [-0.1, -0.05) is 42.5 Å². The first-order valence-electron chi connectivity index (χ1n) is 11.7. The Morgan fingerprint density at radius 1 is 1.09 bits per heavy atom. The molecular weight excluding hydrogens is 458 g/mol. The van der Waals surface area contributed by atoms with Crippen molar-refractivity contribution >= 4 is 17.2 Å². The molecule has 2 heterocycles. The van der Waals surface area contributed by atoms with Crippen LogP contribution in [0.3, 0.4) is 0 Å². The van der Waals surface area contributed by atoms with Crippen LogP contribution in [-0.4, -0.2) is 42.8 Å². The van der Waals surface area contributed by atoms with Crippen LogP contribution in [0.4, 0.5) is 0 Å². The van der Waals surface area contributed by atoms with Gasteiger partial charge in [0.05, 0.1) is 24.1 Å². The van der Waals surface area contributed by atoms with Gasteiger partial charge < -0.3 is 19.4 Å². The van der Waals surface area contributed by atoms with Gasteiger partial charge in [-0.3, -0.25) is 4.79 Å². The average Bonchev–Trinajstić information content (AvgIpc) is 3.51. The molecule has 1 N–H and O–H groups in total. The Morgan fingerprint density at radius 3 is 2.57 bits per heavy atom. The Balaban J connectivity index is 1.62. The monoisotopic (exact) mass is 489 g/mol. The summed E-state index contributed by atoms with van der Waals surface area (Å²) in [4.78, 5) is 17.9. The molecule has 0 saturated carbocycles. The Labute approximate surface area is 210 Å². The molecule has 0 bridgehead atoms. The van der Waals surface area contributed by atoms with Crippen molar-refractivity contribution in [2.45, 2.75) is 26.3 Å². The van der Waals surface area contributed by atoms with Crippen LogP contribution >= 0.6 is 11.3 Å². The van der Waals surface area contributed by atoms with Crippen molar-refractivity contribution in [1.82, 2.24) is 14.9 Å². The predicted molar refractivity (Wildman–Crippen MR) is 141 cm³/mol. The molecule has 0 spiro atoms.